The summed E-state index contributed by atoms with van der Waals surface area (Å²) in [5, 5.41) is 0. The van der Waals surface area contributed by atoms with E-state index < -0.39 is 10.9 Å². The second-order valence-corrected chi connectivity index (χ2v) is 8.08. The largest absolute Gasteiger partial charge is 0.336 e. The van der Waals surface area contributed by atoms with Gasteiger partial charge in [-0.15, -0.1) is 0 Å². The van der Waals surface area contributed by atoms with Crippen molar-refractivity contribution in [3.63, 3.8) is 0 Å². The highest BCUT2D eigenvalue weighted by molar-refractivity contribution is 7.73. The monoisotopic (exact) mass is 403 g/mol. The van der Waals surface area contributed by atoms with Crippen LogP contribution in [0.3, 0.4) is 0 Å². The maximum Gasteiger partial charge on any atom is 0.253 e. The average Bonchev–Trinajstić information content (AvgIpc) is 2.90. The van der Waals surface area contributed by atoms with Gasteiger partial charge in [-0.3, -0.25) is 14.4 Å². The van der Waals surface area contributed by atoms with E-state index in [0.717, 1.165) is 24.9 Å². The molecule has 0 aliphatic carbocycles. The van der Waals surface area contributed by atoms with E-state index in [4.69, 9.17) is 0 Å². The van der Waals surface area contributed by atoms with E-state index in [0.29, 0.717) is 36.4 Å². The molecule has 1 N–H and O–H groups in total. The van der Waals surface area contributed by atoms with Crippen LogP contribution in [0.25, 0.3) is 0 Å². The Hall–Kier alpha value is -2.45. The molecule has 2 fully saturated rings. The van der Waals surface area contributed by atoms with E-state index in [-0.39, 0.29) is 11.7 Å². The van der Waals surface area contributed by atoms with Crippen LogP contribution in [0.1, 0.15) is 28.8 Å². The van der Waals surface area contributed by atoms with E-state index in [1.54, 1.807) is 24.3 Å². The molecule has 2 atom stereocenters. The highest BCUT2D eigenvalue weighted by Crippen LogP contribution is 2.32. The molecule has 2 saturated heterocycles. The molecule has 1 amide bonds. The van der Waals surface area contributed by atoms with Crippen molar-refractivity contribution in [3.8, 4) is 0 Å². The Morgan fingerprint density at radius 3 is 2.18 bits per heavy atom. The van der Waals surface area contributed by atoms with Gasteiger partial charge in [-0.25, -0.2) is 12.8 Å². The fourth-order valence-corrected chi connectivity index (χ4v) is 4.55. The predicted octanol–water partition coefficient (Wildman–Crippen LogP) is 2.25. The summed E-state index contributed by atoms with van der Waals surface area (Å²) in [6.07, 6.45) is 2.10. The van der Waals surface area contributed by atoms with Gasteiger partial charge >= 0.3 is 0 Å². The number of fused-ring (bicyclic) bond motifs is 2. The van der Waals surface area contributed by atoms with Crippen molar-refractivity contribution in [3.05, 3.63) is 65.5 Å². The number of piperazine rings is 1. The summed E-state index contributed by atoms with van der Waals surface area (Å²) in [6.45, 7) is 2.11. The predicted molar refractivity (Wildman–Crippen MR) is 105 cm³/mol. The van der Waals surface area contributed by atoms with Gasteiger partial charge in [0.25, 0.3) is 5.91 Å². The Morgan fingerprint density at radius 2 is 1.61 bits per heavy atom. The first-order valence-corrected chi connectivity index (χ1v) is 10.5. The van der Waals surface area contributed by atoms with E-state index in [9.17, 15) is 17.6 Å². The molecular formula is C20H22FN3O3S. The zero-order valence-electron chi connectivity index (χ0n) is 15.3. The molecule has 2 heterocycles. The van der Waals surface area contributed by atoms with Crippen LogP contribution in [-0.2, 0) is 17.4 Å². The quantitative estimate of drug-likeness (QED) is 0.752. The fraction of sp³-hybridized carbons (Fsp3) is 0.350. The van der Waals surface area contributed by atoms with Crippen molar-refractivity contribution < 1.29 is 17.6 Å². The zero-order valence-corrected chi connectivity index (χ0v) is 16.1. The number of carbonyl (C=O) groups excluding carboxylic acids is 1. The van der Waals surface area contributed by atoms with Crippen LogP contribution in [0, 0.1) is 5.82 Å². The molecule has 28 heavy (non-hydrogen) atoms. The molecular weight excluding hydrogens is 381 g/mol. The highest BCUT2D eigenvalue weighted by atomic mass is 32.2. The lowest BCUT2D eigenvalue weighted by Gasteiger charge is -2.41. The van der Waals surface area contributed by atoms with E-state index >= 15 is 0 Å². The Balaban J connectivity index is 1.42. The molecule has 148 valence electrons. The molecule has 2 aliphatic rings. The third-order valence-electron chi connectivity index (χ3n) is 5.55. The van der Waals surface area contributed by atoms with Crippen LogP contribution >= 0.6 is 0 Å². The number of halogens is 1. The van der Waals surface area contributed by atoms with Crippen molar-refractivity contribution in [2.24, 2.45) is 0 Å². The van der Waals surface area contributed by atoms with Gasteiger partial charge in [-0.05, 0) is 54.8 Å². The zero-order chi connectivity index (χ0) is 19.7. The first-order valence-electron chi connectivity index (χ1n) is 9.30. The molecule has 2 aromatic rings. The molecule has 6 nitrogen and oxygen atoms in total. The molecule has 8 heteroatoms. The number of nitrogens with zero attached hydrogens (tertiary/aromatic N) is 2. The number of anilines is 1. The molecule has 0 aromatic heterocycles. The summed E-state index contributed by atoms with van der Waals surface area (Å²) in [7, 11) is -2.72. The summed E-state index contributed by atoms with van der Waals surface area (Å²) in [5.41, 5.74) is 2.08. The summed E-state index contributed by atoms with van der Waals surface area (Å²) in [4.78, 5) is 17.2. The van der Waals surface area contributed by atoms with Crippen LogP contribution in [-0.4, -0.2) is 49.3 Å². The Morgan fingerprint density at radius 1 is 1.00 bits per heavy atom. The lowest BCUT2D eigenvalue weighted by Crippen LogP contribution is -2.54. The van der Waals surface area contributed by atoms with Crippen molar-refractivity contribution >= 4 is 22.5 Å². The first kappa shape index (κ1) is 18.9. The smallest absolute Gasteiger partial charge is 0.253 e. The Kier molecular flexibility index (Phi) is 5.32. The molecule has 2 aromatic carbocycles. The van der Waals surface area contributed by atoms with E-state index in [1.807, 2.05) is 17.0 Å². The topological polar surface area (TPSA) is 69.7 Å². The number of hydrogen-bond donors (Lipinski definition) is 2. The number of rotatable bonds is 5. The van der Waals surface area contributed by atoms with Gasteiger partial charge in [-0.1, -0.05) is 12.1 Å². The maximum absolute atomic E-state index is 13.1. The summed E-state index contributed by atoms with van der Waals surface area (Å²) in [6, 6.07) is 13.7. The standard InChI is InChI=1S/C20H22FN3O3S/c21-16-5-1-14(2-6-16)11-24-18-9-10-19(24)13-23(12-18)20(25)15-3-7-17(8-4-15)22-28(26)27/h1-8,18-19,28H,9-13H2,(H,22,26,27). The average molecular weight is 403 g/mol. The van der Waals surface area contributed by atoms with Gasteiger partial charge in [0.15, 0.2) is 0 Å². The van der Waals surface area contributed by atoms with Crippen LogP contribution < -0.4 is 4.72 Å². The molecule has 2 aliphatic heterocycles. The second-order valence-electron chi connectivity index (χ2n) is 7.34. The minimum Gasteiger partial charge on any atom is -0.336 e. The van der Waals surface area contributed by atoms with Gasteiger partial charge in [0, 0.05) is 43.0 Å². The van der Waals surface area contributed by atoms with Crippen LogP contribution in [0.15, 0.2) is 48.5 Å². The summed E-state index contributed by atoms with van der Waals surface area (Å²) < 4.78 is 36.9. The number of carbonyl (C=O) groups is 1. The SMILES string of the molecule is O=C(c1ccc(N[SH](=O)=O)cc1)N1CC2CCC(C1)N2Cc1ccc(F)cc1. The molecule has 0 radical (unpaired) electrons. The lowest BCUT2D eigenvalue weighted by molar-refractivity contribution is 0.0423. The molecule has 4 rings (SSSR count). The summed E-state index contributed by atoms with van der Waals surface area (Å²) in [5.74, 6) is -0.262. The molecule has 0 spiro atoms. The van der Waals surface area contributed by atoms with Gasteiger partial charge < -0.3 is 4.90 Å². The lowest BCUT2D eigenvalue weighted by atomic mass is 10.1. The Bertz CT molecular complexity index is 909. The third-order valence-corrected chi connectivity index (χ3v) is 5.99. The van der Waals surface area contributed by atoms with Crippen molar-refractivity contribution in [2.75, 3.05) is 17.8 Å². The van der Waals surface area contributed by atoms with Gasteiger partial charge in [0.1, 0.15) is 5.82 Å². The van der Waals surface area contributed by atoms with Crippen LogP contribution in [0.2, 0.25) is 0 Å². The number of thiol groups is 1. The van der Waals surface area contributed by atoms with Crippen molar-refractivity contribution in [2.45, 2.75) is 31.5 Å². The summed E-state index contributed by atoms with van der Waals surface area (Å²) >= 11 is 0. The molecule has 2 unspecified atom stereocenters. The van der Waals surface area contributed by atoms with E-state index in [1.165, 1.54) is 12.1 Å². The number of likely N-dealkylation sites (tertiary alicyclic amines) is 1. The van der Waals surface area contributed by atoms with Gasteiger partial charge in [0.05, 0.1) is 0 Å². The normalized spacial score (nSPS) is 21.9. The van der Waals surface area contributed by atoms with Crippen LogP contribution in [0.5, 0.6) is 0 Å². The Labute approximate surface area is 165 Å². The molecule has 2 bridgehead atoms. The minimum absolute atomic E-state index is 0.0311. The number of hydrogen-bond acceptors (Lipinski definition) is 4. The van der Waals surface area contributed by atoms with Gasteiger partial charge in [-0.2, -0.15) is 0 Å². The van der Waals surface area contributed by atoms with Gasteiger partial charge in [0.2, 0.25) is 10.9 Å². The maximum atomic E-state index is 13.1. The minimum atomic E-state index is -2.72. The van der Waals surface area contributed by atoms with E-state index in [2.05, 4.69) is 9.62 Å². The van der Waals surface area contributed by atoms with Crippen molar-refractivity contribution in [1.29, 1.82) is 0 Å². The fourth-order valence-electron chi connectivity index (χ4n) is 4.19. The number of amides is 1. The van der Waals surface area contributed by atoms with Crippen molar-refractivity contribution in [1.82, 2.24) is 9.80 Å². The second kappa shape index (κ2) is 7.89. The highest BCUT2D eigenvalue weighted by Gasteiger charge is 2.41. The number of benzene rings is 2. The third kappa shape index (κ3) is 4.02. The number of nitrogens with one attached hydrogen (secondary N) is 1. The molecule has 0 saturated carbocycles. The first-order chi connectivity index (χ1) is 13.5. The van der Waals surface area contributed by atoms with Crippen LogP contribution in [0.4, 0.5) is 10.1 Å².